The van der Waals surface area contributed by atoms with Crippen molar-refractivity contribution in [1.82, 2.24) is 4.90 Å². The van der Waals surface area contributed by atoms with E-state index in [1.807, 2.05) is 6.92 Å². The quantitative estimate of drug-likeness (QED) is 0.640. The van der Waals surface area contributed by atoms with Gasteiger partial charge in [-0.2, -0.15) is 0 Å². The molecule has 4 saturated heterocycles. The third-order valence-corrected chi connectivity index (χ3v) is 7.82. The Kier molecular flexibility index (Phi) is 4.84. The van der Waals surface area contributed by atoms with Crippen LogP contribution < -0.4 is 0 Å². The van der Waals surface area contributed by atoms with Crippen molar-refractivity contribution in [2.45, 2.75) is 77.2 Å². The zero-order valence-corrected chi connectivity index (χ0v) is 18.2. The number of fused-ring (bicyclic) bond motifs is 3. The fourth-order valence-electron chi connectivity index (χ4n) is 6.36. The highest BCUT2D eigenvalue weighted by molar-refractivity contribution is 5.93. The molecule has 2 unspecified atom stereocenters. The Morgan fingerprint density at radius 2 is 1.80 bits per heavy atom. The SMILES string of the molecule is COC1=C(C)C(=O)OC1=C1O[C@@H]2CCCN3C(C4C[C@H](C)C(=O)O4)CC[C@H]3[C@H]2[C@@H]1C. The number of hydrogen-bond donors (Lipinski definition) is 0. The van der Waals surface area contributed by atoms with Gasteiger partial charge in [0, 0.05) is 23.9 Å². The second-order valence-corrected chi connectivity index (χ2v) is 9.47. The number of rotatable bonds is 2. The first kappa shape index (κ1) is 19.9. The van der Waals surface area contributed by atoms with Crippen LogP contribution in [-0.4, -0.2) is 54.8 Å². The smallest absolute Gasteiger partial charge is 0.343 e. The number of hydrogen-bond acceptors (Lipinski definition) is 7. The molecule has 0 amide bonds. The van der Waals surface area contributed by atoms with Crippen LogP contribution in [0.3, 0.4) is 0 Å². The first-order valence-electron chi connectivity index (χ1n) is 11.2. The number of ether oxygens (including phenoxy) is 4. The molecule has 0 N–H and O–H groups in total. The highest BCUT2D eigenvalue weighted by atomic mass is 16.6. The summed E-state index contributed by atoms with van der Waals surface area (Å²) in [5.74, 6) is 1.73. The van der Waals surface area contributed by atoms with Gasteiger partial charge < -0.3 is 18.9 Å². The van der Waals surface area contributed by atoms with E-state index in [0.717, 1.165) is 44.4 Å². The third-order valence-electron chi connectivity index (χ3n) is 7.82. The van der Waals surface area contributed by atoms with Crippen molar-refractivity contribution in [1.29, 1.82) is 0 Å². The van der Waals surface area contributed by atoms with Crippen LogP contribution in [0.25, 0.3) is 0 Å². The Balaban J connectivity index is 1.42. The van der Waals surface area contributed by atoms with Gasteiger partial charge in [-0.3, -0.25) is 9.69 Å². The van der Waals surface area contributed by atoms with Gasteiger partial charge in [-0.05, 0) is 45.6 Å². The van der Waals surface area contributed by atoms with E-state index in [4.69, 9.17) is 18.9 Å². The Morgan fingerprint density at radius 1 is 1.03 bits per heavy atom. The van der Waals surface area contributed by atoms with Gasteiger partial charge in [0.05, 0.1) is 18.6 Å². The van der Waals surface area contributed by atoms with E-state index in [-0.39, 0.29) is 36.0 Å². The molecule has 7 heteroatoms. The average Bonchev–Trinajstić information content (AvgIpc) is 3.40. The van der Waals surface area contributed by atoms with Crippen molar-refractivity contribution in [2.75, 3.05) is 13.7 Å². The Morgan fingerprint density at radius 3 is 2.50 bits per heavy atom. The molecule has 0 aromatic carbocycles. The van der Waals surface area contributed by atoms with E-state index in [9.17, 15) is 9.59 Å². The van der Waals surface area contributed by atoms with Gasteiger partial charge in [-0.25, -0.2) is 4.79 Å². The fourth-order valence-corrected chi connectivity index (χ4v) is 6.36. The molecule has 5 aliphatic rings. The first-order chi connectivity index (χ1) is 14.4. The van der Waals surface area contributed by atoms with Crippen LogP contribution in [0, 0.1) is 17.8 Å². The zero-order chi connectivity index (χ0) is 21.2. The van der Waals surface area contributed by atoms with E-state index in [0.29, 0.717) is 35.1 Å². The Bertz CT molecular complexity index is 832. The van der Waals surface area contributed by atoms with Gasteiger partial charge in [-0.15, -0.1) is 0 Å². The highest BCUT2D eigenvalue weighted by Gasteiger charge is 2.54. The summed E-state index contributed by atoms with van der Waals surface area (Å²) in [5.41, 5.74) is 0.489. The lowest BCUT2D eigenvalue weighted by atomic mass is 9.82. The number of cyclic esters (lactones) is 2. The van der Waals surface area contributed by atoms with Gasteiger partial charge in [-0.1, -0.05) is 13.8 Å². The topological polar surface area (TPSA) is 74.3 Å². The number of carbonyl (C=O) groups is 2. The van der Waals surface area contributed by atoms with Crippen molar-refractivity contribution in [3.63, 3.8) is 0 Å². The monoisotopic (exact) mass is 417 g/mol. The second-order valence-electron chi connectivity index (χ2n) is 9.47. The number of esters is 2. The van der Waals surface area contributed by atoms with E-state index >= 15 is 0 Å². The minimum Gasteiger partial charge on any atom is -0.492 e. The molecular weight excluding hydrogens is 386 g/mol. The summed E-state index contributed by atoms with van der Waals surface area (Å²) in [6, 6.07) is 0.686. The van der Waals surface area contributed by atoms with Crippen LogP contribution in [0.1, 0.15) is 52.9 Å². The zero-order valence-electron chi connectivity index (χ0n) is 18.2. The van der Waals surface area contributed by atoms with Crippen molar-refractivity contribution in [2.24, 2.45) is 17.8 Å². The van der Waals surface area contributed by atoms with Gasteiger partial charge in [0.1, 0.15) is 18.0 Å². The lowest BCUT2D eigenvalue weighted by Crippen LogP contribution is -2.46. The van der Waals surface area contributed by atoms with Gasteiger partial charge in [0.2, 0.25) is 5.76 Å². The van der Waals surface area contributed by atoms with Crippen LogP contribution in [0.15, 0.2) is 22.9 Å². The van der Waals surface area contributed by atoms with Gasteiger partial charge >= 0.3 is 11.9 Å². The summed E-state index contributed by atoms with van der Waals surface area (Å²) in [7, 11) is 1.56. The van der Waals surface area contributed by atoms with Crippen LogP contribution in [0.4, 0.5) is 0 Å². The van der Waals surface area contributed by atoms with Crippen molar-refractivity contribution >= 4 is 11.9 Å². The first-order valence-corrected chi connectivity index (χ1v) is 11.2. The van der Waals surface area contributed by atoms with Crippen molar-refractivity contribution in [3.8, 4) is 0 Å². The maximum absolute atomic E-state index is 12.1. The number of allylic oxidation sites excluding steroid dienone is 1. The molecular formula is C23H31NO6. The molecule has 30 heavy (non-hydrogen) atoms. The Labute approximate surface area is 177 Å². The van der Waals surface area contributed by atoms with Crippen LogP contribution in [-0.2, 0) is 28.5 Å². The summed E-state index contributed by atoms with van der Waals surface area (Å²) < 4.78 is 23.2. The fraction of sp³-hybridized carbons (Fsp3) is 0.739. The van der Waals surface area contributed by atoms with Gasteiger partial charge in [0.15, 0.2) is 5.76 Å². The second kappa shape index (κ2) is 7.29. The standard InChI is InChI=1S/C23H31NO6/c1-11-10-17(29-22(11)25)14-7-8-15-18-12(2)20(28-16(18)6-5-9-24(14)15)21-19(27-4)13(3)23(26)30-21/h11-12,14-18H,5-10H2,1-4H3/t11-,12-,14?,15-,16+,17?,18+/m0/s1. The average molecular weight is 418 g/mol. The van der Waals surface area contributed by atoms with Crippen LogP contribution in [0.2, 0.25) is 0 Å². The lowest BCUT2D eigenvalue weighted by Gasteiger charge is -2.35. The number of carbonyl (C=O) groups excluding carboxylic acids is 2. The third kappa shape index (κ3) is 2.88. The predicted molar refractivity (Wildman–Crippen MR) is 107 cm³/mol. The molecule has 0 bridgehead atoms. The van der Waals surface area contributed by atoms with Crippen LogP contribution in [0.5, 0.6) is 0 Å². The van der Waals surface area contributed by atoms with Crippen LogP contribution >= 0.6 is 0 Å². The molecule has 7 nitrogen and oxygen atoms in total. The van der Waals surface area contributed by atoms with Crippen molar-refractivity contribution in [3.05, 3.63) is 22.9 Å². The molecule has 0 radical (unpaired) electrons. The highest BCUT2D eigenvalue weighted by Crippen LogP contribution is 2.50. The maximum Gasteiger partial charge on any atom is 0.343 e. The molecule has 0 aromatic heterocycles. The van der Waals surface area contributed by atoms with Crippen molar-refractivity contribution < 1.29 is 28.5 Å². The summed E-state index contributed by atoms with van der Waals surface area (Å²) >= 11 is 0. The minimum atomic E-state index is -0.364. The molecule has 0 aromatic rings. The summed E-state index contributed by atoms with van der Waals surface area (Å²) in [6.07, 6.45) is 5.09. The van der Waals surface area contributed by atoms with Gasteiger partial charge in [0.25, 0.3) is 0 Å². The molecule has 5 rings (SSSR count). The molecule has 5 heterocycles. The van der Waals surface area contributed by atoms with E-state index in [2.05, 4.69) is 11.8 Å². The number of methoxy groups -OCH3 is 1. The molecule has 4 fully saturated rings. The normalized spacial score (nSPS) is 43.8. The summed E-state index contributed by atoms with van der Waals surface area (Å²) in [4.78, 5) is 26.7. The molecule has 164 valence electrons. The van der Waals surface area contributed by atoms with E-state index in [1.54, 1.807) is 14.0 Å². The molecule has 0 spiro atoms. The Hall–Kier alpha value is -2.02. The summed E-state index contributed by atoms with van der Waals surface area (Å²) in [6.45, 7) is 6.88. The predicted octanol–water partition coefficient (Wildman–Crippen LogP) is 2.90. The summed E-state index contributed by atoms with van der Waals surface area (Å²) in [5, 5.41) is 0. The molecule has 7 atom stereocenters. The largest absolute Gasteiger partial charge is 0.492 e. The maximum atomic E-state index is 12.1. The minimum absolute atomic E-state index is 0.00149. The molecule has 0 saturated carbocycles. The molecule has 0 aliphatic carbocycles. The molecule has 5 aliphatic heterocycles. The van der Waals surface area contributed by atoms with E-state index in [1.165, 1.54) is 0 Å². The number of nitrogens with zero attached hydrogens (tertiary/aromatic N) is 1. The lowest BCUT2D eigenvalue weighted by molar-refractivity contribution is -0.146. The van der Waals surface area contributed by atoms with E-state index < -0.39 is 0 Å².